The molecule has 2 heterocycles. The number of thiophene rings is 1. The molecule has 2 aromatic rings. The maximum Gasteiger partial charge on any atom is 0.267 e. The van der Waals surface area contributed by atoms with Crippen molar-refractivity contribution in [2.24, 2.45) is 5.92 Å². The number of fused-ring (bicyclic) bond motifs is 1. The smallest absolute Gasteiger partial charge is 0.267 e. The van der Waals surface area contributed by atoms with Crippen LogP contribution in [0.2, 0.25) is 0 Å². The molecule has 0 fully saturated rings. The molecule has 0 unspecified atom stereocenters. The zero-order chi connectivity index (χ0) is 15.5. The Morgan fingerprint density at radius 3 is 2.86 bits per heavy atom. The predicted octanol–water partition coefficient (Wildman–Crippen LogP) is 4.32. The van der Waals surface area contributed by atoms with Gasteiger partial charge in [-0.2, -0.15) is 0 Å². The fraction of sp³-hybridized carbons (Fsp3) is 0.562. The molecule has 2 aromatic heterocycles. The van der Waals surface area contributed by atoms with E-state index in [1.807, 2.05) is 0 Å². The number of hydrogen-bond acceptors (Lipinski definition) is 5. The van der Waals surface area contributed by atoms with Crippen LogP contribution in [-0.4, -0.2) is 16.1 Å². The highest BCUT2D eigenvalue weighted by Gasteiger charge is 2.17. The third kappa shape index (κ3) is 3.73. The first-order valence-electron chi connectivity index (χ1n) is 7.87. The van der Waals surface area contributed by atoms with Crippen molar-refractivity contribution >= 4 is 33.7 Å². The Morgan fingerprint density at radius 2 is 2.05 bits per heavy atom. The minimum absolute atomic E-state index is 0.0506. The van der Waals surface area contributed by atoms with Gasteiger partial charge in [-0.05, 0) is 43.2 Å². The number of anilines is 1. The summed E-state index contributed by atoms with van der Waals surface area (Å²) in [6, 6.07) is 2.07. The Morgan fingerprint density at radius 1 is 1.23 bits per heavy atom. The molecule has 0 radical (unpaired) electrons. The molecule has 1 aliphatic rings. The topological polar surface area (TPSA) is 54.9 Å². The average Bonchev–Trinajstić information content (AvgIpc) is 3.00. The van der Waals surface area contributed by atoms with Gasteiger partial charge >= 0.3 is 0 Å². The van der Waals surface area contributed by atoms with E-state index in [1.165, 1.54) is 41.0 Å². The number of nitrogens with zero attached hydrogens (tertiary/aromatic N) is 2. The third-order valence-electron chi connectivity index (χ3n) is 3.74. The van der Waals surface area contributed by atoms with Crippen LogP contribution >= 0.6 is 22.7 Å². The van der Waals surface area contributed by atoms with Crippen LogP contribution in [0.3, 0.4) is 0 Å². The maximum atomic E-state index is 12.4. The third-order valence-corrected chi connectivity index (χ3v) is 5.84. The lowest BCUT2D eigenvalue weighted by molar-refractivity contribution is 0.103. The summed E-state index contributed by atoms with van der Waals surface area (Å²) in [5, 5.41) is 12.7. The molecule has 0 spiro atoms. The van der Waals surface area contributed by atoms with Crippen molar-refractivity contribution in [3.05, 3.63) is 26.4 Å². The fourth-order valence-electron chi connectivity index (χ4n) is 2.67. The van der Waals surface area contributed by atoms with Gasteiger partial charge in [0.2, 0.25) is 5.13 Å². The standard InChI is InChI=1S/C16H21N3OS2/c1-10(2)8-14-18-19-16(22-14)17-15(20)13-9-11-6-4-3-5-7-12(11)21-13/h9-10H,3-8H2,1-2H3,(H,17,19,20). The summed E-state index contributed by atoms with van der Waals surface area (Å²) in [6.07, 6.45) is 6.90. The molecule has 118 valence electrons. The molecule has 1 N–H and O–H groups in total. The van der Waals surface area contributed by atoms with Crippen molar-refractivity contribution in [3.63, 3.8) is 0 Å². The molecule has 1 amide bonds. The molecule has 0 aromatic carbocycles. The van der Waals surface area contributed by atoms with E-state index in [1.54, 1.807) is 11.3 Å². The zero-order valence-corrected chi connectivity index (χ0v) is 14.6. The summed E-state index contributed by atoms with van der Waals surface area (Å²) in [5.74, 6) is 0.495. The Labute approximate surface area is 139 Å². The van der Waals surface area contributed by atoms with Crippen LogP contribution in [0.15, 0.2) is 6.07 Å². The second kappa shape index (κ2) is 6.87. The SMILES string of the molecule is CC(C)Cc1nnc(NC(=O)c2cc3c(s2)CCCCC3)s1. The van der Waals surface area contributed by atoms with Gasteiger partial charge in [-0.25, -0.2) is 0 Å². The molecule has 0 saturated carbocycles. The highest BCUT2D eigenvalue weighted by atomic mass is 32.1. The second-order valence-electron chi connectivity index (χ2n) is 6.17. The monoisotopic (exact) mass is 335 g/mol. The first kappa shape index (κ1) is 15.6. The minimum Gasteiger partial charge on any atom is -0.296 e. The van der Waals surface area contributed by atoms with Crippen LogP contribution in [-0.2, 0) is 19.3 Å². The van der Waals surface area contributed by atoms with Crippen LogP contribution < -0.4 is 5.32 Å². The first-order chi connectivity index (χ1) is 10.6. The number of amides is 1. The molecule has 22 heavy (non-hydrogen) atoms. The van der Waals surface area contributed by atoms with Gasteiger partial charge in [0.25, 0.3) is 5.91 Å². The number of carbonyl (C=O) groups excluding carboxylic acids is 1. The zero-order valence-electron chi connectivity index (χ0n) is 13.0. The van der Waals surface area contributed by atoms with E-state index in [-0.39, 0.29) is 5.91 Å². The summed E-state index contributed by atoms with van der Waals surface area (Å²) in [5.41, 5.74) is 1.37. The van der Waals surface area contributed by atoms with Crippen LogP contribution in [0.4, 0.5) is 5.13 Å². The first-order valence-corrected chi connectivity index (χ1v) is 9.50. The fourth-order valence-corrected chi connectivity index (χ4v) is 4.77. The Balaban J connectivity index is 1.68. The van der Waals surface area contributed by atoms with Crippen LogP contribution in [0.25, 0.3) is 0 Å². The van der Waals surface area contributed by atoms with Gasteiger partial charge in [0.1, 0.15) is 5.01 Å². The van der Waals surface area contributed by atoms with E-state index >= 15 is 0 Å². The van der Waals surface area contributed by atoms with Crippen molar-refractivity contribution in [2.45, 2.75) is 52.4 Å². The van der Waals surface area contributed by atoms with E-state index in [0.717, 1.165) is 29.1 Å². The van der Waals surface area contributed by atoms with E-state index in [9.17, 15) is 4.79 Å². The molecule has 4 nitrogen and oxygen atoms in total. The molecule has 0 bridgehead atoms. The van der Waals surface area contributed by atoms with Crippen LogP contribution in [0.5, 0.6) is 0 Å². The lowest BCUT2D eigenvalue weighted by atomic mass is 10.1. The largest absolute Gasteiger partial charge is 0.296 e. The summed E-state index contributed by atoms with van der Waals surface area (Å²) < 4.78 is 0. The Hall–Kier alpha value is -1.27. The summed E-state index contributed by atoms with van der Waals surface area (Å²) >= 11 is 3.11. The van der Waals surface area contributed by atoms with Gasteiger partial charge in [-0.15, -0.1) is 21.5 Å². The van der Waals surface area contributed by atoms with Gasteiger partial charge in [-0.1, -0.05) is 31.6 Å². The van der Waals surface area contributed by atoms with Crippen molar-refractivity contribution < 1.29 is 4.79 Å². The predicted molar refractivity (Wildman–Crippen MR) is 92.0 cm³/mol. The number of rotatable bonds is 4. The normalized spacial score (nSPS) is 14.7. The number of nitrogens with one attached hydrogen (secondary N) is 1. The molecular formula is C16H21N3OS2. The van der Waals surface area contributed by atoms with E-state index in [2.05, 4.69) is 35.4 Å². The molecule has 3 rings (SSSR count). The van der Waals surface area contributed by atoms with Gasteiger partial charge in [0, 0.05) is 11.3 Å². The molecule has 0 atom stereocenters. The van der Waals surface area contributed by atoms with Gasteiger partial charge in [0.15, 0.2) is 0 Å². The molecule has 6 heteroatoms. The Bertz CT molecular complexity index is 637. The molecular weight excluding hydrogens is 314 g/mol. The number of aromatic nitrogens is 2. The summed E-state index contributed by atoms with van der Waals surface area (Å²) in [7, 11) is 0. The highest BCUT2D eigenvalue weighted by Crippen LogP contribution is 2.29. The van der Waals surface area contributed by atoms with Crippen LogP contribution in [0.1, 0.15) is 58.2 Å². The van der Waals surface area contributed by atoms with E-state index in [4.69, 9.17) is 0 Å². The number of carbonyl (C=O) groups is 1. The minimum atomic E-state index is -0.0506. The van der Waals surface area contributed by atoms with Crippen molar-refractivity contribution in [2.75, 3.05) is 5.32 Å². The van der Waals surface area contributed by atoms with E-state index in [0.29, 0.717) is 11.0 Å². The molecule has 1 aliphatic carbocycles. The van der Waals surface area contributed by atoms with Gasteiger partial charge in [-0.3, -0.25) is 10.1 Å². The maximum absolute atomic E-state index is 12.4. The lowest BCUT2D eigenvalue weighted by Crippen LogP contribution is -2.09. The lowest BCUT2D eigenvalue weighted by Gasteiger charge is -1.98. The second-order valence-corrected chi connectivity index (χ2v) is 8.37. The number of hydrogen-bond donors (Lipinski definition) is 1. The van der Waals surface area contributed by atoms with Crippen molar-refractivity contribution in [1.29, 1.82) is 0 Å². The summed E-state index contributed by atoms with van der Waals surface area (Å²) in [6.45, 7) is 4.30. The quantitative estimate of drug-likeness (QED) is 0.847. The van der Waals surface area contributed by atoms with Crippen molar-refractivity contribution in [3.8, 4) is 0 Å². The van der Waals surface area contributed by atoms with E-state index < -0.39 is 0 Å². The van der Waals surface area contributed by atoms with Crippen molar-refractivity contribution in [1.82, 2.24) is 10.2 Å². The van der Waals surface area contributed by atoms with Crippen LogP contribution in [0, 0.1) is 5.92 Å². The molecule has 0 saturated heterocycles. The highest BCUT2D eigenvalue weighted by molar-refractivity contribution is 7.16. The number of aryl methyl sites for hydroxylation is 2. The summed E-state index contributed by atoms with van der Waals surface area (Å²) in [4.78, 5) is 14.6. The Kier molecular flexibility index (Phi) is 4.88. The van der Waals surface area contributed by atoms with Gasteiger partial charge in [0.05, 0.1) is 4.88 Å². The molecule has 0 aliphatic heterocycles. The van der Waals surface area contributed by atoms with Gasteiger partial charge < -0.3 is 0 Å². The average molecular weight is 335 g/mol.